The quantitative estimate of drug-likeness (QED) is 0.847. The topological polar surface area (TPSA) is 47.6 Å². The third-order valence-corrected chi connectivity index (χ3v) is 2.83. The van der Waals surface area contributed by atoms with Gasteiger partial charge in [0.15, 0.2) is 23.3 Å². The highest BCUT2D eigenvalue weighted by Crippen LogP contribution is 2.30. The lowest BCUT2D eigenvalue weighted by Gasteiger charge is -2.29. The Morgan fingerprint density at radius 2 is 1.64 bits per heavy atom. The minimum absolute atomic E-state index is 0.100. The summed E-state index contributed by atoms with van der Waals surface area (Å²) in [6, 6.07) is 1.64. The van der Waals surface area contributed by atoms with Gasteiger partial charge >= 0.3 is 6.18 Å². The Bertz CT molecular complexity index is 536. The van der Waals surface area contributed by atoms with Gasteiger partial charge in [-0.05, 0) is 39.0 Å². The van der Waals surface area contributed by atoms with Crippen LogP contribution in [0.15, 0.2) is 18.2 Å². The molecule has 0 bridgehead atoms. The third kappa shape index (κ3) is 4.62. The van der Waals surface area contributed by atoms with Crippen molar-refractivity contribution in [3.8, 4) is 11.5 Å². The number of carbonyl (C=O) groups is 1. The molecule has 4 nitrogen and oxygen atoms in total. The van der Waals surface area contributed by atoms with Gasteiger partial charge in [0.1, 0.15) is 0 Å². The van der Waals surface area contributed by atoms with Crippen molar-refractivity contribution >= 4 is 5.78 Å². The molecule has 22 heavy (non-hydrogen) atoms. The van der Waals surface area contributed by atoms with Crippen LogP contribution in [0, 0.1) is 0 Å². The molecular formula is C15H20F3NO3. The van der Waals surface area contributed by atoms with Crippen LogP contribution in [0.4, 0.5) is 13.2 Å². The van der Waals surface area contributed by atoms with E-state index in [0.29, 0.717) is 5.75 Å². The summed E-state index contributed by atoms with van der Waals surface area (Å²) in [6.07, 6.45) is -4.70. The molecule has 1 aromatic carbocycles. The molecule has 124 valence electrons. The minimum Gasteiger partial charge on any atom is -0.493 e. The first-order valence-corrected chi connectivity index (χ1v) is 6.60. The SMILES string of the molecule is COc1ccc(C(=O)C(NC(C)(C)C)C(F)(F)F)cc1OC. The van der Waals surface area contributed by atoms with E-state index in [2.05, 4.69) is 5.32 Å². The monoisotopic (exact) mass is 319 g/mol. The average Bonchev–Trinajstić information content (AvgIpc) is 2.41. The molecule has 1 N–H and O–H groups in total. The van der Waals surface area contributed by atoms with Crippen molar-refractivity contribution < 1.29 is 27.4 Å². The number of carbonyl (C=O) groups excluding carboxylic acids is 1. The Balaban J connectivity index is 3.19. The molecule has 0 saturated carbocycles. The van der Waals surface area contributed by atoms with E-state index in [1.54, 1.807) is 20.8 Å². The molecule has 1 aromatic rings. The summed E-state index contributed by atoms with van der Waals surface area (Å²) in [6.45, 7) is 4.69. The first kappa shape index (κ1) is 18.3. The van der Waals surface area contributed by atoms with Gasteiger partial charge in [0.2, 0.25) is 0 Å². The maximum atomic E-state index is 13.2. The van der Waals surface area contributed by atoms with Crippen LogP contribution in [0.5, 0.6) is 11.5 Å². The molecule has 0 aliphatic heterocycles. The van der Waals surface area contributed by atoms with E-state index < -0.39 is 23.5 Å². The molecule has 0 aromatic heterocycles. The van der Waals surface area contributed by atoms with Crippen LogP contribution in [0.1, 0.15) is 31.1 Å². The van der Waals surface area contributed by atoms with Gasteiger partial charge in [-0.1, -0.05) is 0 Å². The highest BCUT2D eigenvalue weighted by Gasteiger charge is 2.46. The Hall–Kier alpha value is -1.76. The minimum atomic E-state index is -4.70. The van der Waals surface area contributed by atoms with E-state index in [-0.39, 0.29) is 11.3 Å². The van der Waals surface area contributed by atoms with E-state index in [4.69, 9.17) is 9.47 Å². The fourth-order valence-electron chi connectivity index (χ4n) is 1.89. The van der Waals surface area contributed by atoms with E-state index in [1.807, 2.05) is 0 Å². The van der Waals surface area contributed by atoms with Gasteiger partial charge in [0.25, 0.3) is 0 Å². The Labute approximate surface area is 127 Å². The Kier molecular flexibility index (Phi) is 5.45. The lowest BCUT2D eigenvalue weighted by atomic mass is 9.99. The van der Waals surface area contributed by atoms with Gasteiger partial charge in [-0.15, -0.1) is 0 Å². The van der Waals surface area contributed by atoms with Crippen molar-refractivity contribution in [2.45, 2.75) is 38.5 Å². The lowest BCUT2D eigenvalue weighted by Crippen LogP contribution is -2.55. The summed E-state index contributed by atoms with van der Waals surface area (Å²) >= 11 is 0. The number of benzene rings is 1. The van der Waals surface area contributed by atoms with Crippen LogP contribution < -0.4 is 14.8 Å². The van der Waals surface area contributed by atoms with E-state index in [9.17, 15) is 18.0 Å². The summed E-state index contributed by atoms with van der Waals surface area (Å²) < 4.78 is 49.5. The molecule has 0 aliphatic rings. The highest BCUT2D eigenvalue weighted by atomic mass is 19.4. The summed E-state index contributed by atoms with van der Waals surface area (Å²) in [7, 11) is 2.75. The van der Waals surface area contributed by atoms with Crippen molar-refractivity contribution in [2.75, 3.05) is 14.2 Å². The van der Waals surface area contributed by atoms with Crippen molar-refractivity contribution in [3.63, 3.8) is 0 Å². The first-order chi connectivity index (χ1) is 9.99. The van der Waals surface area contributed by atoms with Gasteiger partial charge in [-0.25, -0.2) is 0 Å². The van der Waals surface area contributed by atoms with Crippen LogP contribution in [0.3, 0.4) is 0 Å². The smallest absolute Gasteiger partial charge is 0.411 e. The summed E-state index contributed by atoms with van der Waals surface area (Å²) in [5.41, 5.74) is -0.969. The molecule has 0 amide bonds. The zero-order chi connectivity index (χ0) is 17.1. The molecule has 1 atom stereocenters. The maximum Gasteiger partial charge on any atom is 0.411 e. The number of methoxy groups -OCH3 is 2. The van der Waals surface area contributed by atoms with Crippen molar-refractivity contribution in [3.05, 3.63) is 23.8 Å². The fraction of sp³-hybridized carbons (Fsp3) is 0.533. The largest absolute Gasteiger partial charge is 0.493 e. The number of Topliss-reactive ketones (excluding diaryl/α,β-unsaturated/α-hetero) is 1. The molecule has 0 aliphatic carbocycles. The third-order valence-electron chi connectivity index (χ3n) is 2.83. The van der Waals surface area contributed by atoms with Crippen molar-refractivity contribution in [2.24, 2.45) is 0 Å². The van der Waals surface area contributed by atoms with Gasteiger partial charge in [-0.2, -0.15) is 13.2 Å². The fourth-order valence-corrected chi connectivity index (χ4v) is 1.89. The Morgan fingerprint density at radius 1 is 1.09 bits per heavy atom. The second-order valence-electron chi connectivity index (χ2n) is 5.80. The van der Waals surface area contributed by atoms with Crippen LogP contribution in [-0.4, -0.2) is 37.8 Å². The van der Waals surface area contributed by atoms with E-state index in [0.717, 1.165) is 0 Å². The molecule has 7 heteroatoms. The molecule has 0 spiro atoms. The van der Waals surface area contributed by atoms with Gasteiger partial charge in [-0.3, -0.25) is 10.1 Å². The number of hydrogen-bond acceptors (Lipinski definition) is 4. The Morgan fingerprint density at radius 3 is 2.05 bits per heavy atom. The van der Waals surface area contributed by atoms with Gasteiger partial charge in [0.05, 0.1) is 14.2 Å². The summed E-state index contributed by atoms with van der Waals surface area (Å²) in [5.74, 6) is -0.528. The number of hydrogen-bond donors (Lipinski definition) is 1. The number of ether oxygens (including phenoxy) is 2. The predicted molar refractivity (Wildman–Crippen MR) is 76.6 cm³/mol. The average molecular weight is 319 g/mol. The number of alkyl halides is 3. The number of halogens is 3. The molecule has 0 saturated heterocycles. The highest BCUT2D eigenvalue weighted by molar-refractivity contribution is 6.01. The van der Waals surface area contributed by atoms with E-state index in [1.165, 1.54) is 32.4 Å². The standard InChI is InChI=1S/C15H20F3NO3/c1-14(2,3)19-13(15(16,17)18)12(20)9-6-7-10(21-4)11(8-9)22-5/h6-8,13,19H,1-5H3. The van der Waals surface area contributed by atoms with E-state index >= 15 is 0 Å². The molecule has 0 heterocycles. The summed E-state index contributed by atoms with van der Waals surface area (Å²) in [5, 5.41) is 2.31. The van der Waals surface area contributed by atoms with Crippen LogP contribution in [0.2, 0.25) is 0 Å². The molecule has 0 fully saturated rings. The molecule has 1 rings (SSSR count). The normalized spacial score (nSPS) is 13.6. The van der Waals surface area contributed by atoms with Crippen molar-refractivity contribution in [1.29, 1.82) is 0 Å². The maximum absolute atomic E-state index is 13.2. The number of ketones is 1. The van der Waals surface area contributed by atoms with Crippen LogP contribution in [0.25, 0.3) is 0 Å². The zero-order valence-corrected chi connectivity index (χ0v) is 13.2. The van der Waals surface area contributed by atoms with Crippen molar-refractivity contribution in [1.82, 2.24) is 5.32 Å². The molecule has 1 unspecified atom stereocenters. The van der Waals surface area contributed by atoms with Crippen LogP contribution in [-0.2, 0) is 0 Å². The number of rotatable bonds is 5. The first-order valence-electron chi connectivity index (χ1n) is 6.60. The second kappa shape index (κ2) is 6.56. The molecule has 0 radical (unpaired) electrons. The van der Waals surface area contributed by atoms with Crippen LogP contribution >= 0.6 is 0 Å². The summed E-state index contributed by atoms with van der Waals surface area (Å²) in [4.78, 5) is 12.3. The molecular weight excluding hydrogens is 299 g/mol. The predicted octanol–water partition coefficient (Wildman–Crippen LogP) is 3.21. The zero-order valence-electron chi connectivity index (χ0n) is 13.2. The van der Waals surface area contributed by atoms with Gasteiger partial charge < -0.3 is 9.47 Å². The second-order valence-corrected chi connectivity index (χ2v) is 5.80. The number of nitrogens with one attached hydrogen (secondary N) is 1. The van der Waals surface area contributed by atoms with Gasteiger partial charge in [0, 0.05) is 11.1 Å². The lowest BCUT2D eigenvalue weighted by molar-refractivity contribution is -0.147.